The van der Waals surface area contributed by atoms with Crippen LogP contribution in [0.3, 0.4) is 0 Å². The first-order chi connectivity index (χ1) is 12.5. The van der Waals surface area contributed by atoms with E-state index in [0.29, 0.717) is 19.6 Å². The van der Waals surface area contributed by atoms with Crippen LogP contribution in [0.15, 0.2) is 36.5 Å². The Morgan fingerprint density at radius 2 is 2.15 bits per heavy atom. The third kappa shape index (κ3) is 3.67. The smallest absolute Gasteiger partial charge is 0.273 e. The Bertz CT molecular complexity index is 808. The SMILES string of the molecule is COCCNC(=O)C1(F)CCCN(C(=O)c2nccc3ccccc23)C1. The molecule has 3 rings (SSSR count). The number of amides is 2. The van der Waals surface area contributed by atoms with Crippen LogP contribution in [0.25, 0.3) is 10.8 Å². The molecule has 0 spiro atoms. The Labute approximate surface area is 151 Å². The highest BCUT2D eigenvalue weighted by molar-refractivity contribution is 6.05. The van der Waals surface area contributed by atoms with Gasteiger partial charge in [0.1, 0.15) is 5.69 Å². The summed E-state index contributed by atoms with van der Waals surface area (Å²) in [5.41, 5.74) is -1.81. The number of benzene rings is 1. The monoisotopic (exact) mass is 359 g/mol. The lowest BCUT2D eigenvalue weighted by Gasteiger charge is -2.36. The van der Waals surface area contributed by atoms with E-state index in [2.05, 4.69) is 10.3 Å². The van der Waals surface area contributed by atoms with Crippen LogP contribution in [0.1, 0.15) is 23.3 Å². The fraction of sp³-hybridized carbons (Fsp3) is 0.421. The van der Waals surface area contributed by atoms with Gasteiger partial charge in [0, 0.05) is 31.8 Å². The van der Waals surface area contributed by atoms with Crippen molar-refractivity contribution in [2.45, 2.75) is 18.5 Å². The molecule has 2 heterocycles. The van der Waals surface area contributed by atoms with E-state index in [9.17, 15) is 9.59 Å². The molecule has 1 aromatic heterocycles. The van der Waals surface area contributed by atoms with E-state index >= 15 is 4.39 Å². The van der Waals surface area contributed by atoms with Gasteiger partial charge in [0.15, 0.2) is 0 Å². The molecule has 26 heavy (non-hydrogen) atoms. The van der Waals surface area contributed by atoms with Crippen molar-refractivity contribution >= 4 is 22.6 Å². The highest BCUT2D eigenvalue weighted by atomic mass is 19.1. The van der Waals surface area contributed by atoms with E-state index < -0.39 is 11.6 Å². The molecule has 1 aliphatic rings. The number of rotatable bonds is 5. The van der Waals surface area contributed by atoms with Crippen LogP contribution in [0.2, 0.25) is 0 Å². The number of pyridine rings is 1. The normalized spacial score (nSPS) is 20.2. The van der Waals surface area contributed by atoms with Crippen molar-refractivity contribution in [2.24, 2.45) is 0 Å². The van der Waals surface area contributed by atoms with Crippen LogP contribution in [0, 0.1) is 0 Å². The molecule has 7 heteroatoms. The minimum absolute atomic E-state index is 0.0958. The van der Waals surface area contributed by atoms with Crippen molar-refractivity contribution in [2.75, 3.05) is 33.4 Å². The molecule has 138 valence electrons. The summed E-state index contributed by atoms with van der Waals surface area (Å²) in [6, 6.07) is 9.26. The van der Waals surface area contributed by atoms with Gasteiger partial charge in [-0.25, -0.2) is 4.39 Å². The molecular formula is C19H22FN3O3. The van der Waals surface area contributed by atoms with Crippen LogP contribution in [-0.4, -0.2) is 60.7 Å². The molecule has 1 atom stereocenters. The van der Waals surface area contributed by atoms with Crippen molar-refractivity contribution in [1.82, 2.24) is 15.2 Å². The summed E-state index contributed by atoms with van der Waals surface area (Å²) in [6.45, 7) is 0.681. The minimum Gasteiger partial charge on any atom is -0.383 e. The number of carbonyl (C=O) groups is 2. The summed E-state index contributed by atoms with van der Waals surface area (Å²) in [6.07, 6.45) is 2.09. The van der Waals surface area contributed by atoms with Crippen molar-refractivity contribution in [1.29, 1.82) is 0 Å². The van der Waals surface area contributed by atoms with E-state index in [4.69, 9.17) is 4.74 Å². The van der Waals surface area contributed by atoms with E-state index in [1.807, 2.05) is 30.3 Å². The molecule has 0 aliphatic carbocycles. The summed E-state index contributed by atoms with van der Waals surface area (Å²) < 4.78 is 20.0. The highest BCUT2D eigenvalue weighted by Crippen LogP contribution is 2.27. The Balaban J connectivity index is 1.78. The lowest BCUT2D eigenvalue weighted by Crippen LogP contribution is -2.56. The number of fused-ring (bicyclic) bond motifs is 1. The minimum atomic E-state index is -2.09. The Morgan fingerprint density at radius 1 is 1.35 bits per heavy atom. The first kappa shape index (κ1) is 18.3. The fourth-order valence-corrected chi connectivity index (χ4v) is 3.23. The molecule has 1 aromatic carbocycles. The van der Waals surface area contributed by atoms with Gasteiger partial charge >= 0.3 is 0 Å². The Hall–Kier alpha value is -2.54. The van der Waals surface area contributed by atoms with Gasteiger partial charge in [-0.1, -0.05) is 24.3 Å². The van der Waals surface area contributed by atoms with Gasteiger partial charge in [-0.3, -0.25) is 14.6 Å². The number of nitrogens with zero attached hydrogens (tertiary/aromatic N) is 2. The predicted octanol–water partition coefficient (Wildman–Crippen LogP) is 1.94. The largest absolute Gasteiger partial charge is 0.383 e. The first-order valence-electron chi connectivity index (χ1n) is 8.64. The lowest BCUT2D eigenvalue weighted by atomic mass is 9.93. The molecule has 2 aromatic rings. The second-order valence-corrected chi connectivity index (χ2v) is 6.42. The molecule has 1 saturated heterocycles. The van der Waals surface area contributed by atoms with E-state index in [1.54, 1.807) is 6.20 Å². The summed E-state index contributed by atoms with van der Waals surface area (Å²) in [4.78, 5) is 30.7. The van der Waals surface area contributed by atoms with Crippen molar-refractivity contribution in [3.63, 3.8) is 0 Å². The number of halogens is 1. The Morgan fingerprint density at radius 3 is 2.96 bits per heavy atom. The van der Waals surface area contributed by atoms with Gasteiger partial charge < -0.3 is 15.0 Å². The van der Waals surface area contributed by atoms with Gasteiger partial charge in [-0.05, 0) is 24.3 Å². The number of alkyl halides is 1. The van der Waals surface area contributed by atoms with Gasteiger partial charge in [-0.2, -0.15) is 0 Å². The summed E-state index contributed by atoms with van der Waals surface area (Å²) in [7, 11) is 1.51. The van der Waals surface area contributed by atoms with Crippen molar-refractivity contribution in [3.8, 4) is 0 Å². The molecule has 1 N–H and O–H groups in total. The van der Waals surface area contributed by atoms with E-state index in [0.717, 1.165) is 10.8 Å². The number of nitrogens with one attached hydrogen (secondary N) is 1. The third-order valence-corrected chi connectivity index (χ3v) is 4.60. The van der Waals surface area contributed by atoms with Crippen molar-refractivity contribution < 1.29 is 18.7 Å². The summed E-state index contributed by atoms with van der Waals surface area (Å²) in [5.74, 6) is -1.05. The number of piperidine rings is 1. The van der Waals surface area contributed by atoms with E-state index in [1.165, 1.54) is 12.0 Å². The van der Waals surface area contributed by atoms with E-state index in [-0.39, 0.29) is 31.1 Å². The van der Waals surface area contributed by atoms with Crippen LogP contribution in [-0.2, 0) is 9.53 Å². The second kappa shape index (κ2) is 7.78. The second-order valence-electron chi connectivity index (χ2n) is 6.42. The van der Waals surface area contributed by atoms with Crippen LogP contribution >= 0.6 is 0 Å². The average Bonchev–Trinajstić information content (AvgIpc) is 2.67. The van der Waals surface area contributed by atoms with Gasteiger partial charge in [0.25, 0.3) is 11.8 Å². The third-order valence-electron chi connectivity index (χ3n) is 4.60. The average molecular weight is 359 g/mol. The lowest BCUT2D eigenvalue weighted by molar-refractivity contribution is -0.136. The number of ether oxygens (including phenoxy) is 1. The topological polar surface area (TPSA) is 71.5 Å². The van der Waals surface area contributed by atoms with Gasteiger partial charge in [0.05, 0.1) is 13.2 Å². The molecular weight excluding hydrogens is 337 g/mol. The predicted molar refractivity (Wildman–Crippen MR) is 95.6 cm³/mol. The van der Waals surface area contributed by atoms with Gasteiger partial charge in [0.2, 0.25) is 5.67 Å². The standard InChI is InChI=1S/C19H22FN3O3/c1-26-12-10-22-18(25)19(20)8-4-11-23(13-19)17(24)16-15-6-3-2-5-14(15)7-9-21-16/h2-3,5-7,9H,4,8,10-13H2,1H3,(H,22,25). The van der Waals surface area contributed by atoms with Crippen LogP contribution < -0.4 is 5.32 Å². The molecule has 2 amide bonds. The number of carbonyl (C=O) groups excluding carboxylic acids is 2. The Kier molecular flexibility index (Phi) is 5.46. The zero-order chi connectivity index (χ0) is 18.6. The van der Waals surface area contributed by atoms with Gasteiger partial charge in [-0.15, -0.1) is 0 Å². The number of aromatic nitrogens is 1. The zero-order valence-corrected chi connectivity index (χ0v) is 14.7. The van der Waals surface area contributed by atoms with Crippen LogP contribution in [0.4, 0.5) is 4.39 Å². The van der Waals surface area contributed by atoms with Crippen molar-refractivity contribution in [3.05, 3.63) is 42.2 Å². The molecule has 1 unspecified atom stereocenters. The zero-order valence-electron chi connectivity index (χ0n) is 14.7. The first-order valence-corrected chi connectivity index (χ1v) is 8.64. The molecule has 1 aliphatic heterocycles. The molecule has 0 saturated carbocycles. The summed E-state index contributed by atoms with van der Waals surface area (Å²) >= 11 is 0. The maximum absolute atomic E-state index is 15.2. The number of hydrogen-bond donors (Lipinski definition) is 1. The number of likely N-dealkylation sites (tertiary alicyclic amines) is 1. The number of hydrogen-bond acceptors (Lipinski definition) is 4. The fourth-order valence-electron chi connectivity index (χ4n) is 3.23. The molecule has 6 nitrogen and oxygen atoms in total. The molecule has 1 fully saturated rings. The van der Waals surface area contributed by atoms with Crippen LogP contribution in [0.5, 0.6) is 0 Å². The highest BCUT2D eigenvalue weighted by Gasteiger charge is 2.44. The molecule has 0 bridgehead atoms. The quantitative estimate of drug-likeness (QED) is 0.829. The maximum atomic E-state index is 15.2. The number of methoxy groups -OCH3 is 1. The maximum Gasteiger partial charge on any atom is 0.273 e. The summed E-state index contributed by atoms with van der Waals surface area (Å²) in [5, 5.41) is 4.15. The molecule has 0 radical (unpaired) electrons.